The van der Waals surface area contributed by atoms with Gasteiger partial charge in [0.1, 0.15) is 24.0 Å². The minimum atomic E-state index is -0.564. The number of methoxy groups -OCH3 is 1. The predicted octanol–water partition coefficient (Wildman–Crippen LogP) is 3.38. The normalized spacial score (nSPS) is 11.7. The van der Waals surface area contributed by atoms with Gasteiger partial charge in [0.15, 0.2) is 0 Å². The Morgan fingerprint density at radius 3 is 2.33 bits per heavy atom. The number of phenolic OH excluding ortho intramolecular Hbond substituents is 1. The van der Waals surface area contributed by atoms with Crippen LogP contribution in [0.15, 0.2) is 48.5 Å². The van der Waals surface area contributed by atoms with Crippen molar-refractivity contribution < 1.29 is 19.4 Å². The van der Waals surface area contributed by atoms with Gasteiger partial charge >= 0.3 is 5.97 Å². The van der Waals surface area contributed by atoms with Gasteiger partial charge in [0.05, 0.1) is 7.11 Å². The zero-order valence-electron chi connectivity index (χ0n) is 11.5. The van der Waals surface area contributed by atoms with E-state index in [2.05, 4.69) is 0 Å². The highest BCUT2D eigenvalue weighted by Crippen LogP contribution is 2.23. The second-order valence-corrected chi connectivity index (χ2v) is 4.87. The van der Waals surface area contributed by atoms with E-state index in [-0.39, 0.29) is 12.4 Å². The highest BCUT2D eigenvalue weighted by atomic mass is 35.5. The molecule has 0 aromatic heterocycles. The zero-order chi connectivity index (χ0) is 15.2. The van der Waals surface area contributed by atoms with Gasteiger partial charge in [0.25, 0.3) is 0 Å². The van der Waals surface area contributed by atoms with Crippen molar-refractivity contribution in [2.75, 3.05) is 13.7 Å². The summed E-state index contributed by atoms with van der Waals surface area (Å²) in [5.74, 6) is -0.200. The van der Waals surface area contributed by atoms with Crippen molar-refractivity contribution in [3.63, 3.8) is 0 Å². The third kappa shape index (κ3) is 4.13. The molecule has 4 nitrogen and oxygen atoms in total. The highest BCUT2D eigenvalue weighted by Gasteiger charge is 2.22. The predicted molar refractivity (Wildman–Crippen MR) is 79.8 cm³/mol. The van der Waals surface area contributed by atoms with Crippen molar-refractivity contribution in [1.82, 2.24) is 0 Å². The number of halogens is 1. The molecule has 2 aromatic carbocycles. The molecule has 0 heterocycles. The average molecular weight is 307 g/mol. The van der Waals surface area contributed by atoms with Gasteiger partial charge in [-0.3, -0.25) is 4.79 Å². The van der Waals surface area contributed by atoms with E-state index in [9.17, 15) is 9.90 Å². The van der Waals surface area contributed by atoms with Crippen LogP contribution in [0.1, 0.15) is 11.5 Å². The van der Waals surface area contributed by atoms with Gasteiger partial charge in [-0.2, -0.15) is 0 Å². The van der Waals surface area contributed by atoms with Crippen LogP contribution in [-0.2, 0) is 9.53 Å². The summed E-state index contributed by atoms with van der Waals surface area (Å²) in [5.41, 5.74) is 0.716. The van der Waals surface area contributed by atoms with Crippen molar-refractivity contribution in [3.05, 3.63) is 59.1 Å². The van der Waals surface area contributed by atoms with Gasteiger partial charge in [0, 0.05) is 5.02 Å². The summed E-state index contributed by atoms with van der Waals surface area (Å²) in [6, 6.07) is 13.3. The van der Waals surface area contributed by atoms with Crippen LogP contribution in [0, 0.1) is 0 Å². The van der Waals surface area contributed by atoms with E-state index in [1.807, 2.05) is 0 Å². The number of ether oxygens (including phenoxy) is 2. The zero-order valence-corrected chi connectivity index (χ0v) is 12.2. The van der Waals surface area contributed by atoms with Crippen LogP contribution in [0.5, 0.6) is 11.5 Å². The summed E-state index contributed by atoms with van der Waals surface area (Å²) in [7, 11) is 1.33. The molecule has 0 spiro atoms. The van der Waals surface area contributed by atoms with E-state index in [1.165, 1.54) is 19.2 Å². The largest absolute Gasteiger partial charge is 0.508 e. The van der Waals surface area contributed by atoms with Crippen molar-refractivity contribution in [1.29, 1.82) is 0 Å². The third-order valence-electron chi connectivity index (χ3n) is 3.01. The summed E-state index contributed by atoms with van der Waals surface area (Å²) < 4.78 is 10.4. The second-order valence-electron chi connectivity index (χ2n) is 4.43. The minimum Gasteiger partial charge on any atom is -0.508 e. The Kier molecular flexibility index (Phi) is 5.06. The van der Waals surface area contributed by atoms with Crippen LogP contribution >= 0.6 is 11.6 Å². The average Bonchev–Trinajstić information content (AvgIpc) is 2.50. The summed E-state index contributed by atoms with van der Waals surface area (Å²) in [4.78, 5) is 11.9. The van der Waals surface area contributed by atoms with Crippen molar-refractivity contribution in [3.8, 4) is 11.5 Å². The molecule has 1 unspecified atom stereocenters. The Balaban J connectivity index is 2.11. The molecule has 0 aliphatic carbocycles. The topological polar surface area (TPSA) is 55.8 Å². The maximum Gasteiger partial charge on any atom is 0.316 e. The molecule has 1 N–H and O–H groups in total. The van der Waals surface area contributed by atoms with E-state index < -0.39 is 11.9 Å². The number of esters is 1. The molecule has 0 saturated carbocycles. The number of rotatable bonds is 5. The molecule has 21 heavy (non-hydrogen) atoms. The van der Waals surface area contributed by atoms with Crippen molar-refractivity contribution in [2.45, 2.75) is 5.92 Å². The van der Waals surface area contributed by atoms with Gasteiger partial charge in [-0.05, 0) is 42.0 Å². The first-order chi connectivity index (χ1) is 10.1. The molecular formula is C16H15ClO4. The van der Waals surface area contributed by atoms with Gasteiger partial charge in [-0.15, -0.1) is 0 Å². The third-order valence-corrected chi connectivity index (χ3v) is 3.26. The molecule has 0 radical (unpaired) electrons. The Morgan fingerprint density at radius 1 is 1.14 bits per heavy atom. The quantitative estimate of drug-likeness (QED) is 0.860. The summed E-state index contributed by atoms with van der Waals surface area (Å²) >= 11 is 5.80. The monoisotopic (exact) mass is 306 g/mol. The lowest BCUT2D eigenvalue weighted by Crippen LogP contribution is -2.21. The number of aromatic hydroxyl groups is 1. The Bertz CT molecular complexity index is 593. The number of hydrogen-bond acceptors (Lipinski definition) is 4. The van der Waals surface area contributed by atoms with Gasteiger partial charge in [-0.1, -0.05) is 23.7 Å². The summed E-state index contributed by atoms with van der Waals surface area (Å²) in [6.07, 6.45) is 0. The van der Waals surface area contributed by atoms with Crippen LogP contribution in [-0.4, -0.2) is 24.8 Å². The fourth-order valence-electron chi connectivity index (χ4n) is 1.86. The van der Waals surface area contributed by atoms with Crippen molar-refractivity contribution in [2.24, 2.45) is 0 Å². The fourth-order valence-corrected chi connectivity index (χ4v) is 1.99. The number of carbonyl (C=O) groups excluding carboxylic acids is 1. The van der Waals surface area contributed by atoms with Crippen LogP contribution in [0.2, 0.25) is 5.02 Å². The molecule has 0 saturated heterocycles. The van der Waals surface area contributed by atoms with Crippen LogP contribution in [0.3, 0.4) is 0 Å². The molecule has 2 rings (SSSR count). The van der Waals surface area contributed by atoms with Gasteiger partial charge in [0.2, 0.25) is 0 Å². The molecule has 0 aliphatic rings. The SMILES string of the molecule is COC(=O)C(COc1ccc(Cl)cc1)c1ccc(O)cc1. The maximum atomic E-state index is 11.9. The number of benzene rings is 2. The van der Waals surface area contributed by atoms with E-state index in [4.69, 9.17) is 21.1 Å². The lowest BCUT2D eigenvalue weighted by molar-refractivity contribution is -0.143. The molecular weight excluding hydrogens is 292 g/mol. The minimum absolute atomic E-state index is 0.138. The Hall–Kier alpha value is -2.20. The fraction of sp³-hybridized carbons (Fsp3) is 0.188. The van der Waals surface area contributed by atoms with Gasteiger partial charge < -0.3 is 14.6 Å². The molecule has 0 amide bonds. The van der Waals surface area contributed by atoms with E-state index >= 15 is 0 Å². The molecule has 0 bridgehead atoms. The maximum absolute atomic E-state index is 11.9. The van der Waals surface area contributed by atoms with E-state index in [0.717, 1.165) is 0 Å². The van der Waals surface area contributed by atoms with Crippen LogP contribution in [0.4, 0.5) is 0 Å². The van der Waals surface area contributed by atoms with E-state index in [1.54, 1.807) is 36.4 Å². The Labute approximate surface area is 127 Å². The summed E-state index contributed by atoms with van der Waals surface area (Å²) in [6.45, 7) is 0.138. The lowest BCUT2D eigenvalue weighted by Gasteiger charge is -2.16. The van der Waals surface area contributed by atoms with Gasteiger partial charge in [-0.25, -0.2) is 0 Å². The first-order valence-electron chi connectivity index (χ1n) is 6.35. The molecule has 110 valence electrons. The summed E-state index contributed by atoms with van der Waals surface area (Å²) in [5, 5.41) is 9.92. The molecule has 0 fully saturated rings. The lowest BCUT2D eigenvalue weighted by atomic mass is 10.00. The standard InChI is InChI=1S/C16H15ClO4/c1-20-16(19)15(11-2-6-13(18)7-3-11)10-21-14-8-4-12(17)5-9-14/h2-9,15,18H,10H2,1H3. The van der Waals surface area contributed by atoms with Crippen LogP contribution < -0.4 is 4.74 Å². The molecule has 1 atom stereocenters. The van der Waals surface area contributed by atoms with Crippen molar-refractivity contribution >= 4 is 17.6 Å². The first-order valence-corrected chi connectivity index (χ1v) is 6.73. The van der Waals surface area contributed by atoms with Crippen LogP contribution in [0.25, 0.3) is 0 Å². The molecule has 2 aromatic rings. The Morgan fingerprint density at radius 2 is 1.76 bits per heavy atom. The number of hydrogen-bond donors (Lipinski definition) is 1. The van der Waals surface area contributed by atoms with E-state index in [0.29, 0.717) is 16.3 Å². The number of carbonyl (C=O) groups is 1. The molecule has 0 aliphatic heterocycles. The second kappa shape index (κ2) is 6.99. The first kappa shape index (κ1) is 15.2. The number of phenols is 1. The smallest absolute Gasteiger partial charge is 0.316 e. The highest BCUT2D eigenvalue weighted by molar-refractivity contribution is 6.30. The molecule has 5 heteroatoms.